The zero-order chi connectivity index (χ0) is 9.42. The monoisotopic (exact) mass is 199 g/mol. The zero-order valence-electron chi connectivity index (χ0n) is 7.54. The van der Waals surface area contributed by atoms with Crippen molar-refractivity contribution in [3.05, 3.63) is 15.3 Å². The number of nitrogens with one attached hydrogen (secondary N) is 2. The molecule has 1 aromatic rings. The first-order valence-corrected chi connectivity index (χ1v) is 4.98. The van der Waals surface area contributed by atoms with E-state index in [9.17, 15) is 4.79 Å². The van der Waals surface area contributed by atoms with Crippen LogP contribution in [0.25, 0.3) is 0 Å². The summed E-state index contributed by atoms with van der Waals surface area (Å²) in [5, 5.41) is 5.14. The normalized spacial score (nSPS) is 18.8. The zero-order valence-corrected chi connectivity index (χ0v) is 8.36. The minimum Gasteiger partial charge on any atom is -0.272 e. The first-order chi connectivity index (χ1) is 6.18. The van der Waals surface area contributed by atoms with Crippen molar-refractivity contribution >= 4 is 12.2 Å². The van der Waals surface area contributed by atoms with Gasteiger partial charge in [-0.15, -0.1) is 0 Å². The predicted octanol–water partition coefficient (Wildman–Crippen LogP) is 1.60. The Bertz CT molecular complexity index is 371. The number of nitrogens with zero attached hydrogens (tertiary/aromatic N) is 1. The minimum absolute atomic E-state index is 0.127. The molecule has 1 aromatic heterocycles. The summed E-state index contributed by atoms with van der Waals surface area (Å²) in [7, 11) is 0. The van der Waals surface area contributed by atoms with E-state index in [1.54, 1.807) is 4.57 Å². The fourth-order valence-corrected chi connectivity index (χ4v) is 1.98. The second-order valence-corrected chi connectivity index (χ2v) is 4.15. The summed E-state index contributed by atoms with van der Waals surface area (Å²) < 4.78 is 2.12. The molecule has 0 spiro atoms. The second kappa shape index (κ2) is 3.14. The highest BCUT2D eigenvalue weighted by Crippen LogP contribution is 2.36. The Balaban J connectivity index is 2.22. The largest absolute Gasteiger partial charge is 0.342 e. The molecule has 1 aliphatic rings. The Labute approximate surface area is 81.0 Å². The molecule has 1 atom stereocenters. The average Bonchev–Trinajstić information content (AvgIpc) is 2.79. The van der Waals surface area contributed by atoms with Crippen molar-refractivity contribution in [1.29, 1.82) is 0 Å². The smallest absolute Gasteiger partial charge is 0.272 e. The number of hydrogen-bond acceptors (Lipinski definition) is 2. The van der Waals surface area contributed by atoms with Gasteiger partial charge in [0.05, 0.1) is 0 Å². The SMILES string of the molecule is CC(CC1CC1)n1c(=O)[nH][nH]c1=S. The highest BCUT2D eigenvalue weighted by atomic mass is 32.1. The molecule has 4 nitrogen and oxygen atoms in total. The summed E-state index contributed by atoms with van der Waals surface area (Å²) >= 11 is 5.00. The first kappa shape index (κ1) is 8.74. The van der Waals surface area contributed by atoms with Gasteiger partial charge in [0.15, 0.2) is 4.77 Å². The molecule has 0 radical (unpaired) electrons. The van der Waals surface area contributed by atoms with E-state index in [4.69, 9.17) is 12.2 Å². The molecule has 2 rings (SSSR count). The molecule has 13 heavy (non-hydrogen) atoms. The van der Waals surface area contributed by atoms with Crippen LogP contribution < -0.4 is 5.69 Å². The molecule has 2 N–H and O–H groups in total. The van der Waals surface area contributed by atoms with Gasteiger partial charge in [-0.3, -0.25) is 9.67 Å². The third kappa shape index (κ3) is 1.75. The van der Waals surface area contributed by atoms with Crippen molar-refractivity contribution in [3.8, 4) is 0 Å². The van der Waals surface area contributed by atoms with Crippen molar-refractivity contribution in [2.75, 3.05) is 0 Å². The van der Waals surface area contributed by atoms with Crippen LogP contribution >= 0.6 is 12.2 Å². The van der Waals surface area contributed by atoms with Crippen LogP contribution in [0.5, 0.6) is 0 Å². The van der Waals surface area contributed by atoms with Crippen molar-refractivity contribution < 1.29 is 0 Å². The molecule has 1 unspecified atom stereocenters. The Hall–Kier alpha value is -0.840. The highest BCUT2D eigenvalue weighted by Gasteiger charge is 2.25. The molecule has 1 saturated carbocycles. The molecule has 5 heteroatoms. The van der Waals surface area contributed by atoms with Crippen LogP contribution in [0, 0.1) is 10.7 Å². The summed E-state index contributed by atoms with van der Waals surface area (Å²) in [6, 6.07) is 0.218. The second-order valence-electron chi connectivity index (χ2n) is 3.76. The molecule has 0 aliphatic heterocycles. The quantitative estimate of drug-likeness (QED) is 0.726. The summed E-state index contributed by atoms with van der Waals surface area (Å²) in [5.41, 5.74) is -0.127. The van der Waals surface area contributed by atoms with Crippen LogP contribution in [-0.2, 0) is 0 Å². The number of rotatable bonds is 3. The third-order valence-corrected chi connectivity index (χ3v) is 2.82. The van der Waals surface area contributed by atoms with E-state index < -0.39 is 0 Å². The number of aromatic amines is 2. The van der Waals surface area contributed by atoms with Gasteiger partial charge < -0.3 is 0 Å². The van der Waals surface area contributed by atoms with E-state index in [0.717, 1.165) is 12.3 Å². The maximum atomic E-state index is 11.3. The van der Waals surface area contributed by atoms with Gasteiger partial charge in [-0.05, 0) is 31.5 Å². The molecule has 1 fully saturated rings. The van der Waals surface area contributed by atoms with E-state index in [2.05, 4.69) is 10.2 Å². The van der Waals surface area contributed by atoms with Crippen molar-refractivity contribution in [2.45, 2.75) is 32.2 Å². The number of H-pyrrole nitrogens is 2. The van der Waals surface area contributed by atoms with Gasteiger partial charge in [-0.25, -0.2) is 9.89 Å². The van der Waals surface area contributed by atoms with Crippen LogP contribution in [0.1, 0.15) is 32.2 Å². The lowest BCUT2D eigenvalue weighted by Crippen LogP contribution is -2.21. The number of aromatic nitrogens is 3. The summed E-state index contributed by atoms with van der Waals surface area (Å²) in [6.07, 6.45) is 3.68. The average molecular weight is 199 g/mol. The van der Waals surface area contributed by atoms with Gasteiger partial charge in [-0.1, -0.05) is 12.8 Å². The Kier molecular flexibility index (Phi) is 2.11. The van der Waals surface area contributed by atoms with Crippen LogP contribution in [0.2, 0.25) is 0 Å². The molecule has 0 aromatic carbocycles. The molecule has 0 amide bonds. The van der Waals surface area contributed by atoms with Gasteiger partial charge in [-0.2, -0.15) is 0 Å². The van der Waals surface area contributed by atoms with E-state index in [1.807, 2.05) is 6.92 Å². The highest BCUT2D eigenvalue weighted by molar-refractivity contribution is 7.71. The fraction of sp³-hybridized carbons (Fsp3) is 0.750. The van der Waals surface area contributed by atoms with E-state index in [0.29, 0.717) is 4.77 Å². The molecular weight excluding hydrogens is 186 g/mol. The van der Waals surface area contributed by atoms with Gasteiger partial charge in [0.25, 0.3) is 0 Å². The molecule has 1 aliphatic carbocycles. The lowest BCUT2D eigenvalue weighted by Gasteiger charge is -2.09. The minimum atomic E-state index is -0.127. The lowest BCUT2D eigenvalue weighted by atomic mass is 10.2. The number of hydrogen-bond donors (Lipinski definition) is 2. The van der Waals surface area contributed by atoms with Gasteiger partial charge in [0.2, 0.25) is 0 Å². The topological polar surface area (TPSA) is 53.6 Å². The summed E-state index contributed by atoms with van der Waals surface area (Å²) in [6.45, 7) is 2.04. The Morgan fingerprint density at radius 3 is 2.77 bits per heavy atom. The van der Waals surface area contributed by atoms with Gasteiger partial charge >= 0.3 is 5.69 Å². The third-order valence-electron chi connectivity index (χ3n) is 2.53. The van der Waals surface area contributed by atoms with E-state index in [-0.39, 0.29) is 11.7 Å². The van der Waals surface area contributed by atoms with Gasteiger partial charge in [0.1, 0.15) is 0 Å². The Morgan fingerprint density at radius 2 is 2.31 bits per heavy atom. The lowest BCUT2D eigenvalue weighted by molar-refractivity contribution is 0.461. The molecular formula is C8H13N3OS. The summed E-state index contributed by atoms with van der Waals surface area (Å²) in [5.74, 6) is 0.811. The molecule has 0 bridgehead atoms. The fourth-order valence-electron chi connectivity index (χ4n) is 1.66. The van der Waals surface area contributed by atoms with E-state index in [1.165, 1.54) is 12.8 Å². The Morgan fingerprint density at radius 1 is 1.62 bits per heavy atom. The van der Waals surface area contributed by atoms with Crippen LogP contribution in [0.15, 0.2) is 4.79 Å². The first-order valence-electron chi connectivity index (χ1n) is 4.57. The van der Waals surface area contributed by atoms with Crippen LogP contribution in [0.3, 0.4) is 0 Å². The van der Waals surface area contributed by atoms with Crippen molar-refractivity contribution in [2.24, 2.45) is 5.92 Å². The molecule has 0 saturated heterocycles. The van der Waals surface area contributed by atoms with Crippen molar-refractivity contribution in [3.63, 3.8) is 0 Å². The standard InChI is InChI=1S/C8H13N3OS/c1-5(4-6-2-3-6)11-7(12)9-10-8(11)13/h5-6H,2-4H2,1H3,(H,9,12)(H,10,13). The molecule has 72 valence electrons. The summed E-state index contributed by atoms with van der Waals surface area (Å²) in [4.78, 5) is 11.3. The maximum absolute atomic E-state index is 11.3. The van der Waals surface area contributed by atoms with Crippen LogP contribution in [0.4, 0.5) is 0 Å². The van der Waals surface area contributed by atoms with E-state index >= 15 is 0 Å². The van der Waals surface area contributed by atoms with Crippen molar-refractivity contribution in [1.82, 2.24) is 14.8 Å². The predicted molar refractivity (Wildman–Crippen MR) is 52.3 cm³/mol. The van der Waals surface area contributed by atoms with Gasteiger partial charge in [0, 0.05) is 6.04 Å². The van der Waals surface area contributed by atoms with Crippen LogP contribution in [-0.4, -0.2) is 14.8 Å². The molecule has 1 heterocycles. The maximum Gasteiger partial charge on any atom is 0.342 e.